The Hall–Kier alpha value is -0.410. The van der Waals surface area contributed by atoms with E-state index in [2.05, 4.69) is 42.0 Å². The molecule has 1 nitrogen and oxygen atoms in total. The fourth-order valence-electron chi connectivity index (χ4n) is 3.28. The van der Waals surface area contributed by atoms with Crippen molar-refractivity contribution in [3.05, 3.63) is 34.1 Å². The van der Waals surface area contributed by atoms with Crippen LogP contribution in [0.5, 0.6) is 0 Å². The summed E-state index contributed by atoms with van der Waals surface area (Å²) in [5.74, 6) is 0.792. The normalized spacial score (nSPS) is 23.9. The van der Waals surface area contributed by atoms with Gasteiger partial charge >= 0.3 is 0 Å². The molecular formula is C18H27BrFN. The second-order valence-corrected chi connectivity index (χ2v) is 8.13. The summed E-state index contributed by atoms with van der Waals surface area (Å²) in [5.41, 5.74) is 1.01. The van der Waals surface area contributed by atoms with Gasteiger partial charge in [0.25, 0.3) is 0 Å². The van der Waals surface area contributed by atoms with Crippen LogP contribution in [0.1, 0.15) is 64.4 Å². The van der Waals surface area contributed by atoms with Gasteiger partial charge in [0.05, 0.1) is 4.47 Å². The van der Waals surface area contributed by atoms with Crippen molar-refractivity contribution in [1.82, 2.24) is 5.32 Å². The molecule has 2 atom stereocenters. The standard InChI is InChI=1S/C18H27BrFN/c1-18(2,3)21-12-13-8-5-4-6-9-14(13)15-10-7-11-16(19)17(15)20/h7,10-11,13-14,21H,4-6,8-9,12H2,1-3H3. The first-order valence-electron chi connectivity index (χ1n) is 8.07. The molecule has 1 N–H and O–H groups in total. The number of rotatable bonds is 3. The van der Waals surface area contributed by atoms with Crippen LogP contribution in [-0.4, -0.2) is 12.1 Å². The van der Waals surface area contributed by atoms with E-state index in [0.29, 0.717) is 16.3 Å². The fourth-order valence-corrected chi connectivity index (χ4v) is 3.66. The van der Waals surface area contributed by atoms with Crippen molar-refractivity contribution in [2.45, 2.75) is 64.3 Å². The number of hydrogen-bond donors (Lipinski definition) is 1. The predicted octanol–water partition coefficient (Wildman–Crippen LogP) is 5.64. The Bertz CT molecular complexity index is 467. The number of benzene rings is 1. The fraction of sp³-hybridized carbons (Fsp3) is 0.667. The van der Waals surface area contributed by atoms with Gasteiger partial charge in [0.2, 0.25) is 0 Å². The van der Waals surface area contributed by atoms with E-state index < -0.39 is 0 Å². The predicted molar refractivity (Wildman–Crippen MR) is 91.2 cm³/mol. The third-order valence-corrected chi connectivity index (χ3v) is 5.05. The van der Waals surface area contributed by atoms with Crippen molar-refractivity contribution >= 4 is 15.9 Å². The molecular weight excluding hydrogens is 329 g/mol. The van der Waals surface area contributed by atoms with E-state index in [1.165, 1.54) is 25.7 Å². The van der Waals surface area contributed by atoms with Crippen LogP contribution < -0.4 is 5.32 Å². The molecule has 1 aromatic rings. The lowest BCUT2D eigenvalue weighted by atomic mass is 9.81. The second kappa shape index (κ2) is 7.23. The third kappa shape index (κ3) is 4.79. The molecule has 118 valence electrons. The summed E-state index contributed by atoms with van der Waals surface area (Å²) in [7, 11) is 0. The van der Waals surface area contributed by atoms with Gasteiger partial charge in [0.1, 0.15) is 5.82 Å². The molecule has 0 spiro atoms. The number of nitrogens with one attached hydrogen (secondary N) is 1. The minimum atomic E-state index is -0.0647. The molecule has 21 heavy (non-hydrogen) atoms. The summed E-state index contributed by atoms with van der Waals surface area (Å²) in [6, 6.07) is 5.72. The van der Waals surface area contributed by atoms with Crippen molar-refractivity contribution in [2.24, 2.45) is 5.92 Å². The van der Waals surface area contributed by atoms with E-state index >= 15 is 0 Å². The average molecular weight is 356 g/mol. The molecule has 0 aliphatic heterocycles. The summed E-state index contributed by atoms with van der Waals surface area (Å²) < 4.78 is 15.1. The van der Waals surface area contributed by atoms with E-state index in [0.717, 1.165) is 18.5 Å². The molecule has 1 aliphatic carbocycles. The van der Waals surface area contributed by atoms with Crippen LogP contribution in [0.15, 0.2) is 22.7 Å². The Kier molecular flexibility index (Phi) is 5.84. The van der Waals surface area contributed by atoms with Crippen molar-refractivity contribution in [3.8, 4) is 0 Å². The minimum absolute atomic E-state index is 0.0647. The van der Waals surface area contributed by atoms with Gasteiger partial charge in [-0.1, -0.05) is 31.4 Å². The molecule has 3 heteroatoms. The molecule has 1 aliphatic rings. The lowest BCUT2D eigenvalue weighted by Crippen LogP contribution is -2.40. The van der Waals surface area contributed by atoms with Crippen LogP contribution in [0.4, 0.5) is 4.39 Å². The van der Waals surface area contributed by atoms with E-state index in [1.807, 2.05) is 12.1 Å². The Labute approximate surface area is 136 Å². The maximum atomic E-state index is 14.5. The van der Waals surface area contributed by atoms with Crippen molar-refractivity contribution in [2.75, 3.05) is 6.54 Å². The van der Waals surface area contributed by atoms with Crippen LogP contribution >= 0.6 is 15.9 Å². The average Bonchev–Trinajstić information content (AvgIpc) is 2.64. The van der Waals surface area contributed by atoms with Crippen LogP contribution in [0, 0.1) is 11.7 Å². The SMILES string of the molecule is CC(C)(C)NCC1CCCCCC1c1cccc(Br)c1F. The topological polar surface area (TPSA) is 12.0 Å². The monoisotopic (exact) mass is 355 g/mol. The van der Waals surface area contributed by atoms with E-state index in [1.54, 1.807) is 6.07 Å². The van der Waals surface area contributed by atoms with E-state index in [9.17, 15) is 4.39 Å². The van der Waals surface area contributed by atoms with Gasteiger partial charge in [-0.05, 0) is 79.6 Å². The molecule has 0 radical (unpaired) electrons. The maximum Gasteiger partial charge on any atom is 0.140 e. The Morgan fingerprint density at radius 1 is 1.19 bits per heavy atom. The summed E-state index contributed by atoms with van der Waals surface area (Å²) in [6.45, 7) is 7.55. The third-order valence-electron chi connectivity index (χ3n) is 4.43. The summed E-state index contributed by atoms with van der Waals surface area (Å²) in [6.07, 6.45) is 6.05. The molecule has 2 unspecified atom stereocenters. The van der Waals surface area contributed by atoms with Crippen molar-refractivity contribution < 1.29 is 4.39 Å². The van der Waals surface area contributed by atoms with Crippen molar-refractivity contribution in [1.29, 1.82) is 0 Å². The van der Waals surface area contributed by atoms with Gasteiger partial charge in [-0.2, -0.15) is 0 Å². The highest BCUT2D eigenvalue weighted by atomic mass is 79.9. The quantitative estimate of drug-likeness (QED) is 0.691. The van der Waals surface area contributed by atoms with Crippen LogP contribution in [0.3, 0.4) is 0 Å². The molecule has 1 saturated carbocycles. The second-order valence-electron chi connectivity index (χ2n) is 7.28. The first-order chi connectivity index (χ1) is 9.88. The summed E-state index contributed by atoms with van der Waals surface area (Å²) in [4.78, 5) is 0. The zero-order valence-electron chi connectivity index (χ0n) is 13.4. The highest BCUT2D eigenvalue weighted by Gasteiger charge is 2.28. The van der Waals surface area contributed by atoms with Gasteiger partial charge in [-0.25, -0.2) is 4.39 Å². The highest BCUT2D eigenvalue weighted by molar-refractivity contribution is 9.10. The highest BCUT2D eigenvalue weighted by Crippen LogP contribution is 2.38. The summed E-state index contributed by atoms with van der Waals surface area (Å²) in [5, 5.41) is 3.62. The lowest BCUT2D eigenvalue weighted by molar-refractivity contribution is 0.318. The lowest BCUT2D eigenvalue weighted by Gasteiger charge is -2.30. The molecule has 0 aromatic heterocycles. The molecule has 0 heterocycles. The molecule has 0 saturated heterocycles. The van der Waals surface area contributed by atoms with Gasteiger partial charge in [0.15, 0.2) is 0 Å². The molecule has 0 bridgehead atoms. The Balaban J connectivity index is 2.21. The molecule has 0 amide bonds. The Morgan fingerprint density at radius 3 is 2.62 bits per heavy atom. The van der Waals surface area contributed by atoms with Crippen LogP contribution in [0.2, 0.25) is 0 Å². The smallest absolute Gasteiger partial charge is 0.140 e. The number of halogens is 2. The van der Waals surface area contributed by atoms with E-state index in [4.69, 9.17) is 0 Å². The van der Waals surface area contributed by atoms with Gasteiger partial charge in [0, 0.05) is 5.54 Å². The van der Waals surface area contributed by atoms with Gasteiger partial charge in [-0.15, -0.1) is 0 Å². The maximum absolute atomic E-state index is 14.5. The number of hydrogen-bond acceptors (Lipinski definition) is 1. The molecule has 1 fully saturated rings. The zero-order valence-corrected chi connectivity index (χ0v) is 15.0. The van der Waals surface area contributed by atoms with E-state index in [-0.39, 0.29) is 11.4 Å². The molecule has 2 rings (SSSR count). The van der Waals surface area contributed by atoms with Gasteiger partial charge in [-0.3, -0.25) is 0 Å². The zero-order chi connectivity index (χ0) is 15.5. The van der Waals surface area contributed by atoms with Crippen LogP contribution in [-0.2, 0) is 0 Å². The summed E-state index contributed by atoms with van der Waals surface area (Å²) >= 11 is 3.33. The minimum Gasteiger partial charge on any atom is -0.312 e. The van der Waals surface area contributed by atoms with Crippen LogP contribution in [0.25, 0.3) is 0 Å². The first-order valence-corrected chi connectivity index (χ1v) is 8.87. The molecule has 1 aromatic carbocycles. The van der Waals surface area contributed by atoms with Crippen molar-refractivity contribution in [3.63, 3.8) is 0 Å². The first kappa shape index (κ1) is 17.0. The van der Waals surface area contributed by atoms with Gasteiger partial charge < -0.3 is 5.32 Å². The largest absolute Gasteiger partial charge is 0.312 e. The Morgan fingerprint density at radius 2 is 1.90 bits per heavy atom.